The summed E-state index contributed by atoms with van der Waals surface area (Å²) in [5.74, 6) is -6.14. The van der Waals surface area contributed by atoms with Crippen LogP contribution >= 0.6 is 0 Å². The van der Waals surface area contributed by atoms with Gasteiger partial charge in [0, 0.05) is 13.0 Å². The molecule has 9 nitrogen and oxygen atoms in total. The average molecular weight is 339 g/mol. The molecule has 0 heterocycles. The molecule has 11 heteroatoms. The molecule has 1 atom stereocenters. The van der Waals surface area contributed by atoms with E-state index in [2.05, 4.69) is 0 Å². The summed E-state index contributed by atoms with van der Waals surface area (Å²) in [6, 6.07) is -1.62. The Labute approximate surface area is 199 Å². The third-order valence-corrected chi connectivity index (χ3v) is 2.02. The molecule has 102 valence electrons. The third kappa shape index (κ3) is 12.8. The van der Waals surface area contributed by atoms with E-state index in [1.807, 2.05) is 0 Å². The summed E-state index contributed by atoms with van der Waals surface area (Å²) in [6.07, 6.45) is -1.01. The Morgan fingerprint density at radius 1 is 0.950 bits per heavy atom. The Balaban J connectivity index is -0.00000144. The van der Waals surface area contributed by atoms with Crippen LogP contribution in [0.3, 0.4) is 0 Å². The van der Waals surface area contributed by atoms with Crippen molar-refractivity contribution in [1.29, 1.82) is 0 Å². The molecule has 0 bridgehead atoms. The molecular formula is C9H11K2NO8. The standard InChI is InChI=1S/C9H13NO8.2K/c11-6(12)2-1-5(9(17)18)10(3-7(13)14)4-8(15)16;;/h5H,1-4H2,(H,11,12)(H,13,14)(H,15,16)(H,17,18);;/q;2*+1/p-2/t5-;;/m0../s1. The van der Waals surface area contributed by atoms with Crippen molar-refractivity contribution >= 4 is 23.9 Å². The zero-order valence-electron chi connectivity index (χ0n) is 11.2. The van der Waals surface area contributed by atoms with E-state index >= 15 is 0 Å². The van der Waals surface area contributed by atoms with Crippen molar-refractivity contribution in [1.82, 2.24) is 4.90 Å². The van der Waals surface area contributed by atoms with Crippen LogP contribution in [-0.2, 0) is 19.2 Å². The summed E-state index contributed by atoms with van der Waals surface area (Å²) < 4.78 is 0. The van der Waals surface area contributed by atoms with E-state index in [4.69, 9.17) is 10.2 Å². The molecule has 0 saturated carbocycles. The monoisotopic (exact) mass is 339 g/mol. The van der Waals surface area contributed by atoms with Crippen LogP contribution in [0, 0.1) is 0 Å². The molecule has 0 spiro atoms. The average Bonchev–Trinajstić information content (AvgIpc) is 2.14. The van der Waals surface area contributed by atoms with E-state index in [1.165, 1.54) is 0 Å². The molecule has 0 aliphatic rings. The van der Waals surface area contributed by atoms with Crippen LogP contribution in [0.15, 0.2) is 0 Å². The van der Waals surface area contributed by atoms with E-state index < -0.39 is 55.9 Å². The van der Waals surface area contributed by atoms with Crippen molar-refractivity contribution in [3.63, 3.8) is 0 Å². The van der Waals surface area contributed by atoms with Crippen molar-refractivity contribution < 1.29 is 142 Å². The van der Waals surface area contributed by atoms with Crippen LogP contribution in [-0.4, -0.2) is 58.1 Å². The van der Waals surface area contributed by atoms with Gasteiger partial charge in [-0.15, -0.1) is 0 Å². The van der Waals surface area contributed by atoms with Gasteiger partial charge in [-0.05, 0) is 6.42 Å². The van der Waals surface area contributed by atoms with Gasteiger partial charge in [0.25, 0.3) is 0 Å². The summed E-state index contributed by atoms with van der Waals surface area (Å²) in [6.45, 7) is -1.81. The van der Waals surface area contributed by atoms with Crippen molar-refractivity contribution in [3.05, 3.63) is 0 Å². The molecule has 2 N–H and O–H groups in total. The fourth-order valence-corrected chi connectivity index (χ4v) is 1.33. The Bertz CT molecular complexity index is 346. The van der Waals surface area contributed by atoms with Crippen molar-refractivity contribution in [2.24, 2.45) is 0 Å². The van der Waals surface area contributed by atoms with Gasteiger partial charge in [0.2, 0.25) is 0 Å². The molecule has 0 aliphatic heterocycles. The quantitative estimate of drug-likeness (QED) is 0.389. The van der Waals surface area contributed by atoms with Gasteiger partial charge in [0.05, 0.1) is 24.5 Å². The molecule has 0 aromatic rings. The molecule has 20 heavy (non-hydrogen) atoms. The zero-order chi connectivity index (χ0) is 14.3. The minimum absolute atomic E-state index is 0. The third-order valence-electron chi connectivity index (χ3n) is 2.02. The smallest absolute Gasteiger partial charge is 0.549 e. The molecule has 0 aromatic carbocycles. The second kappa shape index (κ2) is 13.8. The number of carboxylic acids is 4. The first-order valence-electron chi connectivity index (χ1n) is 4.82. The Kier molecular flexibility index (Phi) is 17.9. The fraction of sp³-hybridized carbons (Fsp3) is 0.556. The van der Waals surface area contributed by atoms with Crippen LogP contribution in [0.1, 0.15) is 12.8 Å². The van der Waals surface area contributed by atoms with E-state index in [0.29, 0.717) is 4.90 Å². The van der Waals surface area contributed by atoms with Crippen LogP contribution in [0.4, 0.5) is 0 Å². The van der Waals surface area contributed by atoms with Crippen LogP contribution in [0.25, 0.3) is 0 Å². The van der Waals surface area contributed by atoms with Gasteiger partial charge >= 0.3 is 115 Å². The zero-order valence-corrected chi connectivity index (χ0v) is 17.4. The largest absolute Gasteiger partial charge is 1.00 e. The molecular weight excluding hydrogens is 328 g/mol. The SMILES string of the molecule is O=C([O-])CN(CC(=O)O)[C@@H](CCC(=O)O)C(=O)[O-].[K+].[K+]. The van der Waals surface area contributed by atoms with Gasteiger partial charge in [-0.1, -0.05) is 0 Å². The van der Waals surface area contributed by atoms with Crippen molar-refractivity contribution in [3.8, 4) is 0 Å². The number of rotatable bonds is 9. The van der Waals surface area contributed by atoms with Gasteiger partial charge in [-0.3, -0.25) is 14.5 Å². The number of nitrogens with zero attached hydrogens (tertiary/aromatic N) is 1. The maximum absolute atomic E-state index is 10.8. The van der Waals surface area contributed by atoms with E-state index in [-0.39, 0.29) is 103 Å². The Morgan fingerprint density at radius 3 is 1.75 bits per heavy atom. The summed E-state index contributed by atoms with van der Waals surface area (Å²) in [7, 11) is 0. The van der Waals surface area contributed by atoms with Gasteiger partial charge in [0.15, 0.2) is 0 Å². The van der Waals surface area contributed by atoms with Crippen LogP contribution in [0.5, 0.6) is 0 Å². The first kappa shape index (κ1) is 26.0. The predicted octanol–water partition coefficient (Wildman–Crippen LogP) is -9.89. The maximum Gasteiger partial charge on any atom is 1.00 e. The molecule has 0 aliphatic carbocycles. The first-order valence-corrected chi connectivity index (χ1v) is 4.82. The first-order chi connectivity index (χ1) is 8.23. The van der Waals surface area contributed by atoms with Crippen LogP contribution in [0.2, 0.25) is 0 Å². The number of hydrogen-bond donors (Lipinski definition) is 2. The second-order valence-corrected chi connectivity index (χ2v) is 3.44. The fourth-order valence-electron chi connectivity index (χ4n) is 1.33. The summed E-state index contributed by atoms with van der Waals surface area (Å²) >= 11 is 0. The van der Waals surface area contributed by atoms with Crippen molar-refractivity contribution in [2.45, 2.75) is 18.9 Å². The van der Waals surface area contributed by atoms with Gasteiger partial charge in [-0.25, -0.2) is 0 Å². The summed E-state index contributed by atoms with van der Waals surface area (Å²) in [4.78, 5) is 42.5. The molecule has 0 radical (unpaired) electrons. The number of carbonyl (C=O) groups is 4. The Morgan fingerprint density at radius 2 is 1.45 bits per heavy atom. The minimum atomic E-state index is -1.74. The van der Waals surface area contributed by atoms with E-state index in [1.54, 1.807) is 0 Å². The van der Waals surface area contributed by atoms with Crippen molar-refractivity contribution in [2.75, 3.05) is 13.1 Å². The number of carboxylic acid groups (broad SMARTS) is 4. The molecule has 0 amide bonds. The van der Waals surface area contributed by atoms with Gasteiger partial charge in [-0.2, -0.15) is 0 Å². The summed E-state index contributed by atoms with van der Waals surface area (Å²) in [5, 5.41) is 38.1. The molecule has 0 aromatic heterocycles. The normalized spacial score (nSPS) is 10.8. The van der Waals surface area contributed by atoms with E-state index in [0.717, 1.165) is 0 Å². The minimum Gasteiger partial charge on any atom is -0.549 e. The maximum atomic E-state index is 10.8. The van der Waals surface area contributed by atoms with Crippen LogP contribution < -0.4 is 113 Å². The topological polar surface area (TPSA) is 158 Å². The molecule has 0 unspecified atom stereocenters. The molecule has 0 saturated heterocycles. The predicted molar refractivity (Wildman–Crippen MR) is 49.9 cm³/mol. The van der Waals surface area contributed by atoms with Gasteiger partial charge in [0.1, 0.15) is 0 Å². The van der Waals surface area contributed by atoms with Gasteiger partial charge < -0.3 is 30.0 Å². The Hall–Kier alpha value is 1.11. The molecule has 0 rings (SSSR count). The number of hydrogen-bond acceptors (Lipinski definition) is 7. The number of aliphatic carboxylic acids is 4. The summed E-state index contributed by atoms with van der Waals surface area (Å²) in [5.41, 5.74) is 0. The van der Waals surface area contributed by atoms with E-state index in [9.17, 15) is 29.4 Å². The molecule has 0 fully saturated rings. The number of carbonyl (C=O) groups excluding carboxylic acids is 2. The second-order valence-electron chi connectivity index (χ2n) is 3.44.